The maximum atomic E-state index is 12.0. The van der Waals surface area contributed by atoms with Crippen LogP contribution in [-0.2, 0) is 4.79 Å². The third-order valence-electron chi connectivity index (χ3n) is 3.93. The summed E-state index contributed by atoms with van der Waals surface area (Å²) in [6.45, 7) is 2.93. The van der Waals surface area contributed by atoms with Crippen LogP contribution in [0.3, 0.4) is 0 Å². The third kappa shape index (κ3) is 4.72. The van der Waals surface area contributed by atoms with Gasteiger partial charge >= 0.3 is 0 Å². The molecule has 1 aliphatic carbocycles. The van der Waals surface area contributed by atoms with E-state index in [9.17, 15) is 14.9 Å². The van der Waals surface area contributed by atoms with Crippen LogP contribution >= 0.6 is 11.8 Å². The molecular weight excluding hydrogens is 356 g/mol. The first kappa shape index (κ1) is 18.2. The third-order valence-corrected chi connectivity index (χ3v) is 4.88. The van der Waals surface area contributed by atoms with Gasteiger partial charge in [0.2, 0.25) is 5.91 Å². The van der Waals surface area contributed by atoms with E-state index < -0.39 is 4.92 Å². The van der Waals surface area contributed by atoms with E-state index >= 15 is 0 Å². The molecule has 26 heavy (non-hydrogen) atoms. The number of non-ortho nitro benzene ring substituents is 1. The molecule has 0 aliphatic heterocycles. The van der Waals surface area contributed by atoms with Gasteiger partial charge in [-0.15, -0.1) is 10.2 Å². The molecular formula is C16H20N6O3S. The predicted octanol–water partition coefficient (Wildman–Crippen LogP) is 2.15. The Morgan fingerprint density at radius 1 is 1.31 bits per heavy atom. The zero-order valence-electron chi connectivity index (χ0n) is 14.3. The van der Waals surface area contributed by atoms with E-state index in [0.717, 1.165) is 29.5 Å². The van der Waals surface area contributed by atoms with Crippen molar-refractivity contribution in [1.29, 1.82) is 0 Å². The molecule has 1 aromatic heterocycles. The first-order valence-corrected chi connectivity index (χ1v) is 9.32. The van der Waals surface area contributed by atoms with E-state index in [4.69, 9.17) is 0 Å². The van der Waals surface area contributed by atoms with Crippen LogP contribution in [-0.4, -0.2) is 44.4 Å². The summed E-state index contributed by atoms with van der Waals surface area (Å²) in [6, 6.07) is 6.65. The molecule has 0 radical (unpaired) electrons. The van der Waals surface area contributed by atoms with Gasteiger partial charge in [0.25, 0.3) is 5.69 Å². The van der Waals surface area contributed by atoms with E-state index in [1.54, 1.807) is 12.1 Å². The van der Waals surface area contributed by atoms with Crippen molar-refractivity contribution in [3.63, 3.8) is 0 Å². The van der Waals surface area contributed by atoms with Crippen molar-refractivity contribution in [2.24, 2.45) is 0 Å². The number of nitrogens with zero attached hydrogens (tertiary/aromatic N) is 4. The van der Waals surface area contributed by atoms with Crippen LogP contribution in [0.25, 0.3) is 0 Å². The van der Waals surface area contributed by atoms with Gasteiger partial charge in [0.1, 0.15) is 5.82 Å². The average molecular weight is 376 g/mol. The number of hydrogen-bond acceptors (Lipinski definition) is 7. The molecule has 10 heteroatoms. The lowest BCUT2D eigenvalue weighted by atomic mass is 10.3. The summed E-state index contributed by atoms with van der Waals surface area (Å²) < 4.78 is 2.11. The number of anilines is 1. The lowest BCUT2D eigenvalue weighted by Gasteiger charge is -2.08. The summed E-state index contributed by atoms with van der Waals surface area (Å²) in [7, 11) is 0. The fraction of sp³-hybridized carbons (Fsp3) is 0.438. The van der Waals surface area contributed by atoms with Crippen molar-refractivity contribution in [3.05, 3.63) is 40.2 Å². The molecule has 1 amide bonds. The summed E-state index contributed by atoms with van der Waals surface area (Å²) >= 11 is 1.40. The molecule has 2 aromatic rings. The largest absolute Gasteiger partial charge is 0.383 e. The van der Waals surface area contributed by atoms with Crippen LogP contribution in [0.2, 0.25) is 0 Å². The van der Waals surface area contributed by atoms with Gasteiger partial charge < -0.3 is 15.2 Å². The van der Waals surface area contributed by atoms with Crippen LogP contribution in [0.15, 0.2) is 29.4 Å². The number of thioether (sulfide) groups is 1. The number of carbonyl (C=O) groups is 1. The van der Waals surface area contributed by atoms with Crippen LogP contribution in [0.4, 0.5) is 11.4 Å². The first-order chi connectivity index (χ1) is 12.5. The molecule has 0 bridgehead atoms. The number of aromatic nitrogens is 3. The number of aryl methyl sites for hydroxylation is 1. The van der Waals surface area contributed by atoms with Gasteiger partial charge in [0, 0.05) is 37.0 Å². The minimum atomic E-state index is -0.437. The number of amides is 1. The van der Waals surface area contributed by atoms with Crippen molar-refractivity contribution >= 4 is 29.0 Å². The maximum absolute atomic E-state index is 12.0. The van der Waals surface area contributed by atoms with Crippen molar-refractivity contribution in [2.45, 2.75) is 31.0 Å². The molecule has 0 saturated heterocycles. The molecule has 1 saturated carbocycles. The van der Waals surface area contributed by atoms with E-state index in [2.05, 4.69) is 25.4 Å². The van der Waals surface area contributed by atoms with Crippen molar-refractivity contribution in [2.75, 3.05) is 24.2 Å². The van der Waals surface area contributed by atoms with Gasteiger partial charge in [-0.2, -0.15) is 0 Å². The molecule has 9 nitrogen and oxygen atoms in total. The van der Waals surface area contributed by atoms with Gasteiger partial charge in [-0.1, -0.05) is 11.8 Å². The van der Waals surface area contributed by atoms with Crippen LogP contribution in [0, 0.1) is 17.0 Å². The summed E-state index contributed by atoms with van der Waals surface area (Å²) in [5.74, 6) is 1.12. The highest BCUT2D eigenvalue weighted by atomic mass is 32.2. The normalized spacial score (nSPS) is 13.4. The second-order valence-electron chi connectivity index (χ2n) is 6.00. The number of carbonyl (C=O) groups excluding carboxylic acids is 1. The average Bonchev–Trinajstić information content (AvgIpc) is 3.40. The molecule has 0 spiro atoms. The molecule has 1 aliphatic rings. The van der Waals surface area contributed by atoms with Crippen molar-refractivity contribution < 1.29 is 9.72 Å². The SMILES string of the molecule is Cc1nnc(SCC(=O)NCCNc2ccc([N+](=O)[O-])cc2)n1C1CC1. The number of nitro benzene ring substituents is 1. The fourth-order valence-corrected chi connectivity index (χ4v) is 3.37. The minimum Gasteiger partial charge on any atom is -0.383 e. The zero-order valence-corrected chi connectivity index (χ0v) is 15.2. The van der Waals surface area contributed by atoms with Gasteiger partial charge in [0.05, 0.1) is 10.7 Å². The Hall–Kier alpha value is -2.62. The summed E-state index contributed by atoms with van der Waals surface area (Å²) in [4.78, 5) is 22.1. The highest BCUT2D eigenvalue weighted by Crippen LogP contribution is 2.38. The summed E-state index contributed by atoms with van der Waals surface area (Å²) in [6.07, 6.45) is 2.29. The number of hydrogen-bond donors (Lipinski definition) is 2. The van der Waals surface area contributed by atoms with Crippen LogP contribution in [0.5, 0.6) is 0 Å². The monoisotopic (exact) mass is 376 g/mol. The molecule has 1 heterocycles. The van der Waals surface area contributed by atoms with Gasteiger partial charge in [-0.3, -0.25) is 14.9 Å². The Labute approximate surface area is 154 Å². The van der Waals surface area contributed by atoms with Gasteiger partial charge in [-0.05, 0) is 31.9 Å². The molecule has 3 rings (SSSR count). The van der Waals surface area contributed by atoms with E-state index in [-0.39, 0.29) is 11.6 Å². The number of nitrogens with one attached hydrogen (secondary N) is 2. The predicted molar refractivity (Wildman–Crippen MR) is 98.3 cm³/mol. The quantitative estimate of drug-likeness (QED) is 0.298. The Morgan fingerprint density at radius 2 is 2.04 bits per heavy atom. The molecule has 2 N–H and O–H groups in total. The van der Waals surface area contributed by atoms with Gasteiger partial charge in [0.15, 0.2) is 5.16 Å². The Balaban J connectivity index is 1.36. The smallest absolute Gasteiger partial charge is 0.269 e. The zero-order chi connectivity index (χ0) is 18.5. The standard InChI is InChI=1S/C16H20N6O3S/c1-11-19-20-16(21(11)13-6-7-13)26-10-15(23)18-9-8-17-12-2-4-14(5-3-12)22(24)25/h2-5,13,17H,6-10H2,1H3,(H,18,23). The number of rotatable bonds is 9. The van der Waals surface area contributed by atoms with E-state index in [1.807, 2.05) is 6.92 Å². The second-order valence-corrected chi connectivity index (χ2v) is 6.94. The summed E-state index contributed by atoms with van der Waals surface area (Å²) in [5.41, 5.74) is 0.822. The highest BCUT2D eigenvalue weighted by molar-refractivity contribution is 7.99. The Bertz CT molecular complexity index is 788. The highest BCUT2D eigenvalue weighted by Gasteiger charge is 2.28. The van der Waals surface area contributed by atoms with E-state index in [1.165, 1.54) is 23.9 Å². The van der Waals surface area contributed by atoms with Crippen LogP contribution < -0.4 is 10.6 Å². The van der Waals surface area contributed by atoms with Crippen molar-refractivity contribution in [3.8, 4) is 0 Å². The fourth-order valence-electron chi connectivity index (χ4n) is 2.49. The summed E-state index contributed by atoms with van der Waals surface area (Å²) in [5, 5.41) is 25.6. The minimum absolute atomic E-state index is 0.0511. The topological polar surface area (TPSA) is 115 Å². The molecule has 1 fully saturated rings. The second kappa shape index (κ2) is 8.17. The maximum Gasteiger partial charge on any atom is 0.269 e. The van der Waals surface area contributed by atoms with Crippen molar-refractivity contribution in [1.82, 2.24) is 20.1 Å². The number of nitro groups is 1. The lowest BCUT2D eigenvalue weighted by Crippen LogP contribution is -2.30. The Morgan fingerprint density at radius 3 is 2.69 bits per heavy atom. The molecule has 0 atom stereocenters. The van der Waals surface area contributed by atoms with E-state index in [0.29, 0.717) is 24.9 Å². The first-order valence-electron chi connectivity index (χ1n) is 8.34. The van der Waals surface area contributed by atoms with Crippen LogP contribution in [0.1, 0.15) is 24.7 Å². The molecule has 138 valence electrons. The number of benzene rings is 1. The molecule has 0 unspecified atom stereocenters. The lowest BCUT2D eigenvalue weighted by molar-refractivity contribution is -0.384. The van der Waals surface area contributed by atoms with Gasteiger partial charge in [-0.25, -0.2) is 0 Å². The molecule has 1 aromatic carbocycles. The Kier molecular flexibility index (Phi) is 5.71.